The lowest BCUT2D eigenvalue weighted by atomic mass is 10.2. The summed E-state index contributed by atoms with van der Waals surface area (Å²) in [7, 11) is 0. The highest BCUT2D eigenvalue weighted by atomic mass is 35.5. The first-order chi connectivity index (χ1) is 9.10. The molecule has 19 heavy (non-hydrogen) atoms. The molecule has 0 saturated carbocycles. The third-order valence-corrected chi connectivity index (χ3v) is 2.61. The third-order valence-electron chi connectivity index (χ3n) is 2.37. The van der Waals surface area contributed by atoms with Crippen LogP contribution in [-0.4, -0.2) is 11.1 Å². The smallest absolute Gasteiger partial charge is 0.335 e. The Kier molecular flexibility index (Phi) is 3.69. The first kappa shape index (κ1) is 12.9. The van der Waals surface area contributed by atoms with Crippen LogP contribution in [0.2, 0.25) is 5.02 Å². The van der Waals surface area contributed by atoms with Crippen molar-refractivity contribution in [2.75, 3.05) is 0 Å². The Labute approximate surface area is 114 Å². The molecule has 0 bridgehead atoms. The number of nitrogens with zero attached hydrogens (tertiary/aromatic N) is 1. The van der Waals surface area contributed by atoms with Gasteiger partial charge in [0.25, 0.3) is 0 Å². The van der Waals surface area contributed by atoms with E-state index < -0.39 is 5.97 Å². The van der Waals surface area contributed by atoms with Crippen LogP contribution in [0.25, 0.3) is 0 Å². The summed E-state index contributed by atoms with van der Waals surface area (Å²) in [6.45, 7) is 0. The molecule has 0 aliphatic carbocycles. The van der Waals surface area contributed by atoms with Gasteiger partial charge >= 0.3 is 5.97 Å². The van der Waals surface area contributed by atoms with Crippen molar-refractivity contribution in [2.45, 2.75) is 0 Å². The van der Waals surface area contributed by atoms with E-state index in [4.69, 9.17) is 26.7 Å². The average molecular weight is 274 g/mol. The Hall–Kier alpha value is -2.51. The normalized spacial score (nSPS) is 9.68. The Bertz CT molecular complexity index is 677. The molecule has 2 rings (SSSR count). The quantitative estimate of drug-likeness (QED) is 0.925. The van der Waals surface area contributed by atoms with Crippen LogP contribution < -0.4 is 4.74 Å². The van der Waals surface area contributed by atoms with E-state index in [2.05, 4.69) is 0 Å². The van der Waals surface area contributed by atoms with Crippen LogP contribution in [-0.2, 0) is 0 Å². The Morgan fingerprint density at radius 3 is 2.74 bits per heavy atom. The molecule has 0 heterocycles. The first-order valence-electron chi connectivity index (χ1n) is 5.31. The zero-order valence-corrected chi connectivity index (χ0v) is 10.4. The molecule has 0 fully saturated rings. The molecular weight excluding hydrogens is 266 g/mol. The summed E-state index contributed by atoms with van der Waals surface area (Å²) in [4.78, 5) is 10.9. The minimum Gasteiger partial charge on any atom is -0.478 e. The molecule has 0 radical (unpaired) electrons. The van der Waals surface area contributed by atoms with E-state index in [0.29, 0.717) is 16.3 Å². The van der Waals surface area contributed by atoms with Gasteiger partial charge < -0.3 is 9.84 Å². The lowest BCUT2D eigenvalue weighted by Crippen LogP contribution is -1.96. The Morgan fingerprint density at radius 2 is 2.05 bits per heavy atom. The molecule has 2 aromatic rings. The van der Waals surface area contributed by atoms with Crippen molar-refractivity contribution in [1.29, 1.82) is 5.26 Å². The summed E-state index contributed by atoms with van der Waals surface area (Å²) >= 11 is 5.84. The number of hydrogen-bond donors (Lipinski definition) is 1. The second-order valence-electron chi connectivity index (χ2n) is 3.69. The van der Waals surface area contributed by atoms with E-state index in [1.165, 1.54) is 18.2 Å². The van der Waals surface area contributed by atoms with Gasteiger partial charge in [0.2, 0.25) is 0 Å². The number of rotatable bonds is 3. The molecule has 2 aromatic carbocycles. The average Bonchev–Trinajstić information content (AvgIpc) is 2.39. The van der Waals surface area contributed by atoms with Crippen molar-refractivity contribution >= 4 is 17.6 Å². The highest BCUT2D eigenvalue weighted by Gasteiger charge is 2.08. The van der Waals surface area contributed by atoms with Gasteiger partial charge in [0.15, 0.2) is 0 Å². The summed E-state index contributed by atoms with van der Waals surface area (Å²) in [5.41, 5.74) is 0.433. The molecule has 0 aliphatic heterocycles. The maximum absolute atomic E-state index is 10.9. The largest absolute Gasteiger partial charge is 0.478 e. The predicted octanol–water partition coefficient (Wildman–Crippen LogP) is 3.70. The molecule has 0 aromatic heterocycles. The van der Waals surface area contributed by atoms with Crippen LogP contribution in [0.15, 0.2) is 42.5 Å². The highest BCUT2D eigenvalue weighted by molar-refractivity contribution is 6.30. The van der Waals surface area contributed by atoms with E-state index in [0.717, 1.165) is 0 Å². The lowest BCUT2D eigenvalue weighted by Gasteiger charge is -2.08. The molecule has 0 saturated heterocycles. The SMILES string of the molecule is N#Cc1ccc(Cl)cc1Oc1cccc(C(=O)O)c1. The second kappa shape index (κ2) is 5.42. The number of carbonyl (C=O) groups is 1. The van der Waals surface area contributed by atoms with E-state index in [9.17, 15) is 4.79 Å². The molecule has 1 N–H and O–H groups in total. The summed E-state index contributed by atoms with van der Waals surface area (Å²) < 4.78 is 5.50. The topological polar surface area (TPSA) is 70.3 Å². The fourth-order valence-corrected chi connectivity index (χ4v) is 1.65. The fourth-order valence-electron chi connectivity index (χ4n) is 1.49. The zero-order chi connectivity index (χ0) is 13.8. The number of halogens is 1. The number of benzene rings is 2. The lowest BCUT2D eigenvalue weighted by molar-refractivity contribution is 0.0696. The van der Waals surface area contributed by atoms with Crippen molar-refractivity contribution in [2.24, 2.45) is 0 Å². The molecule has 0 amide bonds. The van der Waals surface area contributed by atoms with Crippen LogP contribution in [0.5, 0.6) is 11.5 Å². The summed E-state index contributed by atoms with van der Waals surface area (Å²) in [6, 6.07) is 12.6. The summed E-state index contributed by atoms with van der Waals surface area (Å²) in [5, 5.41) is 18.3. The summed E-state index contributed by atoms with van der Waals surface area (Å²) in [5.74, 6) is -0.423. The second-order valence-corrected chi connectivity index (χ2v) is 4.12. The molecule has 0 atom stereocenters. The molecular formula is C14H8ClNO3. The first-order valence-corrected chi connectivity index (χ1v) is 5.69. The number of nitriles is 1. The van der Waals surface area contributed by atoms with Crippen LogP contribution in [0.3, 0.4) is 0 Å². The number of aromatic carboxylic acids is 1. The van der Waals surface area contributed by atoms with Crippen molar-refractivity contribution in [3.05, 3.63) is 58.6 Å². The van der Waals surface area contributed by atoms with Crippen molar-refractivity contribution in [3.63, 3.8) is 0 Å². The highest BCUT2D eigenvalue weighted by Crippen LogP contribution is 2.28. The van der Waals surface area contributed by atoms with Crippen molar-refractivity contribution in [1.82, 2.24) is 0 Å². The number of carboxylic acids is 1. The zero-order valence-electron chi connectivity index (χ0n) is 9.63. The van der Waals surface area contributed by atoms with Gasteiger partial charge in [0, 0.05) is 11.1 Å². The van der Waals surface area contributed by atoms with Gasteiger partial charge in [-0.25, -0.2) is 4.79 Å². The van der Waals surface area contributed by atoms with E-state index in [1.807, 2.05) is 6.07 Å². The Morgan fingerprint density at radius 1 is 1.26 bits per heavy atom. The summed E-state index contributed by atoms with van der Waals surface area (Å²) in [6.07, 6.45) is 0. The fraction of sp³-hybridized carbons (Fsp3) is 0. The number of ether oxygens (including phenoxy) is 1. The maximum Gasteiger partial charge on any atom is 0.335 e. The van der Waals surface area contributed by atoms with Crippen LogP contribution in [0, 0.1) is 11.3 Å². The minimum atomic E-state index is -1.04. The standard InChI is InChI=1S/C14H8ClNO3/c15-11-5-4-10(8-16)13(7-11)19-12-3-1-2-9(6-12)14(17)18/h1-7H,(H,17,18). The van der Waals surface area contributed by atoms with Crippen LogP contribution in [0.4, 0.5) is 0 Å². The van der Waals surface area contributed by atoms with Gasteiger partial charge in [-0.05, 0) is 30.3 Å². The van der Waals surface area contributed by atoms with Gasteiger partial charge in [-0.1, -0.05) is 17.7 Å². The predicted molar refractivity (Wildman–Crippen MR) is 69.6 cm³/mol. The molecule has 4 nitrogen and oxygen atoms in total. The van der Waals surface area contributed by atoms with Crippen LogP contribution >= 0.6 is 11.6 Å². The molecule has 94 valence electrons. The van der Waals surface area contributed by atoms with Crippen molar-refractivity contribution < 1.29 is 14.6 Å². The third kappa shape index (κ3) is 3.03. The monoisotopic (exact) mass is 273 g/mol. The van der Waals surface area contributed by atoms with Crippen molar-refractivity contribution in [3.8, 4) is 17.6 Å². The van der Waals surface area contributed by atoms with Gasteiger partial charge in [0.1, 0.15) is 17.6 Å². The van der Waals surface area contributed by atoms with Gasteiger partial charge in [-0.15, -0.1) is 0 Å². The number of carboxylic acid groups (broad SMARTS) is 1. The minimum absolute atomic E-state index is 0.109. The molecule has 0 spiro atoms. The van der Waals surface area contributed by atoms with E-state index in [-0.39, 0.29) is 11.3 Å². The van der Waals surface area contributed by atoms with Gasteiger partial charge in [-0.3, -0.25) is 0 Å². The molecule has 0 aliphatic rings. The molecule has 5 heteroatoms. The van der Waals surface area contributed by atoms with Crippen LogP contribution in [0.1, 0.15) is 15.9 Å². The van der Waals surface area contributed by atoms with E-state index in [1.54, 1.807) is 24.3 Å². The van der Waals surface area contributed by atoms with Gasteiger partial charge in [0.05, 0.1) is 11.1 Å². The van der Waals surface area contributed by atoms with Gasteiger partial charge in [-0.2, -0.15) is 5.26 Å². The van der Waals surface area contributed by atoms with E-state index >= 15 is 0 Å². The number of hydrogen-bond acceptors (Lipinski definition) is 3. The molecule has 0 unspecified atom stereocenters. The maximum atomic E-state index is 10.9. The Balaban J connectivity index is 2.36.